The summed E-state index contributed by atoms with van der Waals surface area (Å²) in [5.41, 5.74) is 1.83. The summed E-state index contributed by atoms with van der Waals surface area (Å²) in [6, 6.07) is 13.8. The van der Waals surface area contributed by atoms with E-state index in [0.29, 0.717) is 0 Å². The number of imidazole rings is 1. The molecule has 2 radical (unpaired) electrons. The zero-order chi connectivity index (χ0) is 12.1. The van der Waals surface area contributed by atoms with Crippen LogP contribution in [0.15, 0.2) is 48.8 Å². The molecule has 0 N–H and O–H groups in total. The predicted molar refractivity (Wildman–Crippen MR) is 75.4 cm³/mol. The molecule has 0 fully saturated rings. The monoisotopic (exact) mass is 532 g/mol. The number of halogens is 1. The Morgan fingerprint density at radius 2 is 1.90 bits per heavy atom. The Morgan fingerprint density at radius 1 is 1.14 bits per heavy atom. The van der Waals surface area contributed by atoms with Crippen LogP contribution in [0.4, 0.5) is 4.39 Å². The average molecular weight is 531 g/mol. The smallest absolute Gasteiger partial charge is 0.0608 e. The third kappa shape index (κ3) is 2.83. The summed E-state index contributed by atoms with van der Waals surface area (Å²) in [6.07, 6.45) is 3.66. The Balaban J connectivity index is 0.000000735. The van der Waals surface area contributed by atoms with Gasteiger partial charge in [-0.3, -0.25) is 9.37 Å². The molecule has 0 saturated heterocycles. The number of nitrogens with zero attached hydrogens (tertiary/aromatic N) is 2. The van der Waals surface area contributed by atoms with Crippen LogP contribution in [0.1, 0.15) is 0 Å². The van der Waals surface area contributed by atoms with Gasteiger partial charge in [-0.2, -0.15) is 0 Å². The van der Waals surface area contributed by atoms with Crippen LogP contribution in [0.25, 0.3) is 27.3 Å². The number of para-hydroxylation sites is 1. The predicted octanol–water partition coefficient (Wildman–Crippen LogP) is 4.03. The largest absolute Gasteiger partial charge is 0.358 e. The average Bonchev–Trinajstić information content (AvgIpc) is 2.88. The van der Waals surface area contributed by atoms with E-state index in [-0.39, 0.29) is 66.1 Å². The van der Waals surface area contributed by atoms with Crippen LogP contribution in [0.3, 0.4) is 0 Å². The van der Waals surface area contributed by atoms with Gasteiger partial charge >= 0.3 is 0 Å². The number of fused-ring (bicyclic) bond motifs is 6. The summed E-state index contributed by atoms with van der Waals surface area (Å²) < 4.78 is 15.4. The first-order valence-corrected chi connectivity index (χ1v) is 5.69. The Hall–Kier alpha value is -0.667. The van der Waals surface area contributed by atoms with Crippen LogP contribution < -0.4 is 0 Å². The summed E-state index contributed by atoms with van der Waals surface area (Å²) in [6.45, 7) is 0. The second-order valence-electron chi connectivity index (χ2n) is 4.24. The Bertz CT molecular complexity index is 905. The van der Waals surface area contributed by atoms with E-state index in [1.807, 2.05) is 34.9 Å². The summed E-state index contributed by atoms with van der Waals surface area (Å²) in [5.74, 6) is -0.274. The van der Waals surface area contributed by atoms with Gasteiger partial charge in [0.1, 0.15) is 0 Å². The minimum absolute atomic E-state index is 0. The molecule has 5 heteroatoms. The number of rotatable bonds is 0. The van der Waals surface area contributed by atoms with Gasteiger partial charge in [-0.25, -0.2) is 0 Å². The van der Waals surface area contributed by atoms with Gasteiger partial charge in [0.05, 0.1) is 5.65 Å². The van der Waals surface area contributed by atoms with Gasteiger partial charge in [0.15, 0.2) is 0 Å². The first-order valence-electron chi connectivity index (χ1n) is 5.69. The van der Waals surface area contributed by atoms with E-state index in [9.17, 15) is 4.39 Å². The van der Waals surface area contributed by atoms with Gasteiger partial charge in [-0.15, -0.1) is 18.2 Å². The van der Waals surface area contributed by atoms with E-state index >= 15 is 0 Å². The molecule has 2 heterocycles. The van der Waals surface area contributed by atoms with E-state index < -0.39 is 0 Å². The minimum atomic E-state index is -0.274. The van der Waals surface area contributed by atoms with E-state index in [1.165, 1.54) is 6.07 Å². The summed E-state index contributed by atoms with van der Waals surface area (Å²) >= 11 is 0. The van der Waals surface area contributed by atoms with Gasteiger partial charge in [0, 0.05) is 76.5 Å². The Kier molecular flexibility index (Phi) is 6.18. The second-order valence-corrected chi connectivity index (χ2v) is 4.24. The minimum Gasteiger partial charge on any atom is -0.358 e. The van der Waals surface area contributed by atoms with E-state index in [1.54, 1.807) is 12.3 Å². The summed E-state index contributed by atoms with van der Waals surface area (Å²) in [7, 11) is 0. The number of pyridine rings is 1. The van der Waals surface area contributed by atoms with Crippen molar-refractivity contribution < 1.29 is 57.2 Å². The van der Waals surface area contributed by atoms with Crippen molar-refractivity contribution in [3.8, 4) is 0 Å². The van der Waals surface area contributed by atoms with E-state index in [4.69, 9.17) is 0 Å². The quantitative estimate of drug-likeness (QED) is 0.248. The maximum absolute atomic E-state index is 13.4. The molecular formula is C16H11FIrN2Y-2. The van der Waals surface area contributed by atoms with Crippen LogP contribution >= 0.6 is 0 Å². The number of benzene rings is 2. The SMILES string of the molecule is Fc1c[c-]c2c(c1)c1ccccc1n1ccnc21.[CH3-].[Ir].[Y]. The Morgan fingerprint density at radius 3 is 2.71 bits per heavy atom. The summed E-state index contributed by atoms with van der Waals surface area (Å²) in [4.78, 5) is 4.34. The van der Waals surface area contributed by atoms with Gasteiger partial charge < -0.3 is 11.8 Å². The molecule has 106 valence electrons. The second kappa shape index (κ2) is 7.06. The molecule has 2 aromatic carbocycles. The third-order valence-corrected chi connectivity index (χ3v) is 3.22. The van der Waals surface area contributed by atoms with Crippen LogP contribution in [0.5, 0.6) is 0 Å². The van der Waals surface area contributed by atoms with Crippen LogP contribution in [0.2, 0.25) is 0 Å². The molecule has 4 aromatic rings. The van der Waals surface area contributed by atoms with Gasteiger partial charge in [0.2, 0.25) is 0 Å². The molecule has 4 rings (SSSR count). The van der Waals surface area contributed by atoms with Crippen molar-refractivity contribution in [2.45, 2.75) is 0 Å². The van der Waals surface area contributed by atoms with Crippen molar-refractivity contribution in [3.63, 3.8) is 0 Å². The summed E-state index contributed by atoms with van der Waals surface area (Å²) in [5, 5.41) is 2.71. The fraction of sp³-hybridized carbons (Fsp3) is 0. The van der Waals surface area contributed by atoms with Crippen molar-refractivity contribution >= 4 is 27.3 Å². The molecule has 0 saturated carbocycles. The number of hydrogen-bond donors (Lipinski definition) is 0. The zero-order valence-electron chi connectivity index (χ0n) is 11.3. The van der Waals surface area contributed by atoms with Crippen molar-refractivity contribution in [2.24, 2.45) is 0 Å². The topological polar surface area (TPSA) is 17.3 Å². The normalized spacial score (nSPS) is 9.95. The molecular weight excluding hydrogens is 520 g/mol. The van der Waals surface area contributed by atoms with Crippen LogP contribution in [-0.4, -0.2) is 9.38 Å². The molecule has 0 aliphatic rings. The molecule has 0 aliphatic heterocycles. The van der Waals surface area contributed by atoms with Crippen molar-refractivity contribution in [1.29, 1.82) is 0 Å². The van der Waals surface area contributed by atoms with Crippen molar-refractivity contribution in [2.75, 3.05) is 0 Å². The molecule has 2 aromatic heterocycles. The molecule has 0 atom stereocenters. The number of hydrogen-bond acceptors (Lipinski definition) is 1. The third-order valence-electron chi connectivity index (χ3n) is 3.22. The molecule has 21 heavy (non-hydrogen) atoms. The first-order chi connectivity index (χ1) is 8.84. The fourth-order valence-corrected chi connectivity index (χ4v) is 2.46. The van der Waals surface area contributed by atoms with Gasteiger partial charge in [-0.05, 0) is 11.5 Å². The van der Waals surface area contributed by atoms with Crippen LogP contribution in [0, 0.1) is 19.3 Å². The Labute approximate surface area is 161 Å². The maximum atomic E-state index is 13.4. The van der Waals surface area contributed by atoms with Gasteiger partial charge in [0.25, 0.3) is 0 Å². The van der Waals surface area contributed by atoms with Crippen molar-refractivity contribution in [1.82, 2.24) is 9.38 Å². The number of aromatic nitrogens is 2. The molecule has 0 spiro atoms. The first kappa shape index (κ1) is 18.4. The standard InChI is InChI=1S/C15H8FN2.CH3.Ir.Y/c16-10-5-6-12-13(9-10)11-3-1-2-4-14(11)18-8-7-17-15(12)18;;;/h1-5,7-9H;1H3;;/q2*-1;;. The van der Waals surface area contributed by atoms with E-state index in [0.717, 1.165) is 27.3 Å². The molecule has 0 unspecified atom stereocenters. The molecule has 0 aliphatic carbocycles. The van der Waals surface area contributed by atoms with Crippen molar-refractivity contribution in [3.05, 3.63) is 68.1 Å². The maximum Gasteiger partial charge on any atom is 0.0608 e. The molecule has 0 amide bonds. The van der Waals surface area contributed by atoms with Gasteiger partial charge in [-0.1, -0.05) is 29.0 Å². The molecule has 0 bridgehead atoms. The fourth-order valence-electron chi connectivity index (χ4n) is 2.46. The zero-order valence-corrected chi connectivity index (χ0v) is 16.5. The van der Waals surface area contributed by atoms with E-state index in [2.05, 4.69) is 11.1 Å². The van der Waals surface area contributed by atoms with Crippen LogP contribution in [-0.2, 0) is 52.8 Å². The molecule has 2 nitrogen and oxygen atoms in total.